The van der Waals surface area contributed by atoms with Gasteiger partial charge in [-0.1, -0.05) is 0 Å². The van der Waals surface area contributed by atoms with Crippen LogP contribution in [-0.4, -0.2) is 66.3 Å². The van der Waals surface area contributed by atoms with Gasteiger partial charge in [-0.25, -0.2) is 0 Å². The van der Waals surface area contributed by atoms with Gasteiger partial charge in [0.25, 0.3) is 0 Å². The fraction of sp³-hybridized carbons (Fsp3) is 0.611. The highest BCUT2D eigenvalue weighted by molar-refractivity contribution is 5.82. The maximum absolute atomic E-state index is 12.9. The minimum Gasteiger partial charge on any atom is -0.329 e. The number of aliphatic imine (C=N–C) groups is 1. The zero-order chi connectivity index (χ0) is 19.2. The molecule has 0 radical (unpaired) electrons. The number of halogens is 3. The van der Waals surface area contributed by atoms with Crippen LogP contribution >= 0.6 is 0 Å². The number of amides is 1. The Morgan fingerprint density at radius 2 is 2.00 bits per heavy atom. The van der Waals surface area contributed by atoms with Crippen molar-refractivity contribution < 1.29 is 18.0 Å². The number of hydrogen-bond donors (Lipinski definition) is 0. The quantitative estimate of drug-likeness (QED) is 0.496. The lowest BCUT2D eigenvalue weighted by Gasteiger charge is -2.24. The Hall–Kier alpha value is -1.96. The molecule has 1 heterocycles. The zero-order valence-electron chi connectivity index (χ0n) is 15.2. The Bertz CT molecular complexity index is 627. The largest absolute Gasteiger partial charge is 0.471 e. The second-order valence-electron chi connectivity index (χ2n) is 6.82. The average Bonchev–Trinajstić information content (AvgIpc) is 3.39. The molecule has 26 heavy (non-hydrogen) atoms. The molecule has 1 fully saturated rings. The Labute approximate surface area is 151 Å². The average molecular weight is 370 g/mol. The van der Waals surface area contributed by atoms with Crippen molar-refractivity contribution >= 4 is 12.1 Å². The number of pyridine rings is 1. The summed E-state index contributed by atoms with van der Waals surface area (Å²) in [6, 6.07) is 3.80. The van der Waals surface area contributed by atoms with Gasteiger partial charge >= 0.3 is 12.1 Å². The van der Waals surface area contributed by atoms with Crippen LogP contribution in [0.2, 0.25) is 0 Å². The molecule has 0 aliphatic heterocycles. The number of nitrogens with zero attached hydrogens (tertiary/aromatic N) is 4. The van der Waals surface area contributed by atoms with Gasteiger partial charge in [0.1, 0.15) is 0 Å². The van der Waals surface area contributed by atoms with Crippen molar-refractivity contribution in [2.75, 3.05) is 27.2 Å². The molecular formula is C18H25F3N4O. The number of aromatic nitrogens is 1. The predicted molar refractivity (Wildman–Crippen MR) is 94.1 cm³/mol. The second kappa shape index (κ2) is 9.12. The standard InChI is InChI=1S/C18H25F3N4O/c1-24(2)9-3-4-10-25(17(26)18(19,20)21)13-16-11-14(7-8-22-16)12-23-15-5-6-15/h7-8,11-12,15H,3-6,9-10,13H2,1-2H3. The van der Waals surface area contributed by atoms with Crippen LogP contribution in [-0.2, 0) is 11.3 Å². The van der Waals surface area contributed by atoms with Crippen LogP contribution < -0.4 is 0 Å². The molecule has 1 amide bonds. The lowest BCUT2D eigenvalue weighted by atomic mass is 10.2. The second-order valence-corrected chi connectivity index (χ2v) is 6.82. The van der Waals surface area contributed by atoms with Crippen molar-refractivity contribution in [3.8, 4) is 0 Å². The molecule has 1 saturated carbocycles. The topological polar surface area (TPSA) is 48.8 Å². The van der Waals surface area contributed by atoms with Crippen molar-refractivity contribution in [1.29, 1.82) is 0 Å². The highest BCUT2D eigenvalue weighted by Gasteiger charge is 2.42. The van der Waals surface area contributed by atoms with Gasteiger partial charge in [-0.3, -0.25) is 14.8 Å². The smallest absolute Gasteiger partial charge is 0.329 e. The number of rotatable bonds is 9. The van der Waals surface area contributed by atoms with Crippen molar-refractivity contribution in [2.24, 2.45) is 4.99 Å². The first-order valence-corrected chi connectivity index (χ1v) is 8.74. The molecule has 0 saturated heterocycles. The van der Waals surface area contributed by atoms with Crippen molar-refractivity contribution in [3.05, 3.63) is 29.6 Å². The van der Waals surface area contributed by atoms with Gasteiger partial charge in [-0.05, 0) is 64.0 Å². The highest BCUT2D eigenvalue weighted by atomic mass is 19.4. The van der Waals surface area contributed by atoms with Gasteiger partial charge in [0, 0.05) is 19.0 Å². The number of carbonyl (C=O) groups excluding carboxylic acids is 1. The van der Waals surface area contributed by atoms with E-state index in [9.17, 15) is 18.0 Å². The molecule has 0 aromatic carbocycles. The van der Waals surface area contributed by atoms with Crippen LogP contribution in [0.1, 0.15) is 36.9 Å². The monoisotopic (exact) mass is 370 g/mol. The first kappa shape index (κ1) is 20.4. The molecule has 2 rings (SSSR count). The first-order chi connectivity index (χ1) is 12.3. The summed E-state index contributed by atoms with van der Waals surface area (Å²) in [5, 5.41) is 0. The van der Waals surface area contributed by atoms with Crippen LogP contribution in [0.5, 0.6) is 0 Å². The summed E-state index contributed by atoms with van der Waals surface area (Å²) in [4.78, 5) is 23.0. The van der Waals surface area contributed by atoms with Gasteiger partial charge < -0.3 is 9.80 Å². The maximum Gasteiger partial charge on any atom is 0.471 e. The van der Waals surface area contributed by atoms with Crippen molar-refractivity contribution in [3.63, 3.8) is 0 Å². The Morgan fingerprint density at radius 3 is 2.62 bits per heavy atom. The third kappa shape index (κ3) is 7.11. The van der Waals surface area contributed by atoms with Gasteiger partial charge in [-0.2, -0.15) is 13.2 Å². The van der Waals surface area contributed by atoms with E-state index in [0.29, 0.717) is 18.2 Å². The van der Waals surface area contributed by atoms with Crippen molar-refractivity contribution in [2.45, 2.75) is 44.4 Å². The van der Waals surface area contributed by atoms with Gasteiger partial charge in [0.2, 0.25) is 0 Å². The summed E-state index contributed by atoms with van der Waals surface area (Å²) >= 11 is 0. The van der Waals surface area contributed by atoms with Gasteiger partial charge in [-0.15, -0.1) is 0 Å². The molecule has 0 N–H and O–H groups in total. The fourth-order valence-corrected chi connectivity index (χ4v) is 2.44. The van der Waals surface area contributed by atoms with E-state index >= 15 is 0 Å². The summed E-state index contributed by atoms with van der Waals surface area (Å²) in [5.41, 5.74) is 1.21. The van der Waals surface area contributed by atoms with Crippen molar-refractivity contribution in [1.82, 2.24) is 14.8 Å². The number of alkyl halides is 3. The first-order valence-electron chi connectivity index (χ1n) is 8.74. The van der Waals surface area contributed by atoms with Crippen LogP contribution in [0.4, 0.5) is 13.2 Å². The molecule has 1 aromatic heterocycles. The number of unbranched alkanes of at least 4 members (excludes halogenated alkanes) is 1. The van der Waals surface area contributed by atoms with Crippen LogP contribution in [0.25, 0.3) is 0 Å². The van der Waals surface area contributed by atoms with Gasteiger partial charge in [0.15, 0.2) is 0 Å². The molecule has 0 spiro atoms. The summed E-state index contributed by atoms with van der Waals surface area (Å²) in [6.07, 6.45) is 1.75. The highest BCUT2D eigenvalue weighted by Crippen LogP contribution is 2.23. The van der Waals surface area contributed by atoms with E-state index in [1.807, 2.05) is 19.0 Å². The van der Waals surface area contributed by atoms with E-state index in [4.69, 9.17) is 0 Å². The normalized spacial score (nSPS) is 15.0. The third-order valence-electron chi connectivity index (χ3n) is 3.99. The summed E-state index contributed by atoms with van der Waals surface area (Å²) in [7, 11) is 3.80. The molecule has 0 bridgehead atoms. The number of carbonyl (C=O) groups is 1. The maximum atomic E-state index is 12.9. The Morgan fingerprint density at radius 1 is 1.31 bits per heavy atom. The fourth-order valence-electron chi connectivity index (χ4n) is 2.44. The molecule has 1 aliphatic carbocycles. The zero-order valence-corrected chi connectivity index (χ0v) is 15.2. The molecule has 144 valence electrons. The minimum absolute atomic E-state index is 0.0499. The van der Waals surface area contributed by atoms with E-state index in [2.05, 4.69) is 9.98 Å². The van der Waals surface area contributed by atoms with E-state index in [1.165, 1.54) is 6.20 Å². The molecule has 8 heteroatoms. The van der Waals surface area contributed by atoms with E-state index in [-0.39, 0.29) is 13.1 Å². The minimum atomic E-state index is -4.88. The van der Waals surface area contributed by atoms with Crippen LogP contribution in [0.15, 0.2) is 23.3 Å². The summed E-state index contributed by atoms with van der Waals surface area (Å²) < 4.78 is 38.7. The lowest BCUT2D eigenvalue weighted by Crippen LogP contribution is -2.41. The van der Waals surface area contributed by atoms with Crippen LogP contribution in [0.3, 0.4) is 0 Å². The SMILES string of the molecule is CN(C)CCCCN(Cc1cc(C=NC2CC2)ccn1)C(=O)C(F)(F)F. The molecule has 0 unspecified atom stereocenters. The summed E-state index contributed by atoms with van der Waals surface area (Å²) in [6.45, 7) is 0.652. The molecule has 0 atom stereocenters. The van der Waals surface area contributed by atoms with E-state index in [0.717, 1.165) is 36.3 Å². The Balaban J connectivity index is 2.02. The number of hydrogen-bond acceptors (Lipinski definition) is 4. The van der Waals surface area contributed by atoms with Crippen LogP contribution in [0, 0.1) is 0 Å². The van der Waals surface area contributed by atoms with Gasteiger partial charge in [0.05, 0.1) is 18.3 Å². The van der Waals surface area contributed by atoms with E-state index < -0.39 is 12.1 Å². The lowest BCUT2D eigenvalue weighted by molar-refractivity contribution is -0.186. The molecule has 1 aromatic rings. The Kier molecular flexibility index (Phi) is 7.14. The molecular weight excluding hydrogens is 345 g/mol. The summed E-state index contributed by atoms with van der Waals surface area (Å²) in [5.74, 6) is -1.82. The predicted octanol–water partition coefficient (Wildman–Crippen LogP) is 2.90. The van der Waals surface area contributed by atoms with E-state index in [1.54, 1.807) is 18.3 Å². The third-order valence-corrected chi connectivity index (χ3v) is 3.99. The molecule has 5 nitrogen and oxygen atoms in total. The molecule has 1 aliphatic rings.